The van der Waals surface area contributed by atoms with Gasteiger partial charge in [-0.05, 0) is 23.8 Å². The van der Waals surface area contributed by atoms with Crippen molar-refractivity contribution in [3.8, 4) is 16.9 Å². The summed E-state index contributed by atoms with van der Waals surface area (Å²) in [6, 6.07) is 9.68. The monoisotopic (exact) mass is 297 g/mol. The lowest BCUT2D eigenvalue weighted by Gasteiger charge is -2.12. The SMILES string of the molecule is CC(=O)Nc1ccccc1-c1ccc(O)c2c1C(=O)OC2=O. The van der Waals surface area contributed by atoms with E-state index in [4.69, 9.17) is 0 Å². The van der Waals surface area contributed by atoms with Crippen molar-refractivity contribution < 1.29 is 24.2 Å². The van der Waals surface area contributed by atoms with Crippen LogP contribution in [0.3, 0.4) is 0 Å². The first-order chi connectivity index (χ1) is 10.5. The number of rotatable bonds is 2. The Kier molecular flexibility index (Phi) is 3.14. The van der Waals surface area contributed by atoms with E-state index < -0.39 is 11.9 Å². The summed E-state index contributed by atoms with van der Waals surface area (Å²) in [5.74, 6) is -2.27. The number of carbonyl (C=O) groups excluding carboxylic acids is 3. The fourth-order valence-electron chi connectivity index (χ4n) is 2.44. The Morgan fingerprint density at radius 2 is 1.68 bits per heavy atom. The minimum atomic E-state index is -0.878. The summed E-state index contributed by atoms with van der Waals surface area (Å²) >= 11 is 0. The maximum atomic E-state index is 11.9. The third kappa shape index (κ3) is 2.10. The number of nitrogens with one attached hydrogen (secondary N) is 1. The van der Waals surface area contributed by atoms with E-state index in [1.54, 1.807) is 24.3 Å². The van der Waals surface area contributed by atoms with Gasteiger partial charge in [-0.3, -0.25) is 4.79 Å². The van der Waals surface area contributed by atoms with Crippen molar-refractivity contribution in [1.82, 2.24) is 0 Å². The van der Waals surface area contributed by atoms with E-state index in [-0.39, 0.29) is 22.8 Å². The molecule has 1 heterocycles. The molecule has 110 valence electrons. The van der Waals surface area contributed by atoms with Crippen LogP contribution in [0, 0.1) is 0 Å². The van der Waals surface area contributed by atoms with E-state index in [2.05, 4.69) is 10.1 Å². The average Bonchev–Trinajstić information content (AvgIpc) is 2.76. The van der Waals surface area contributed by atoms with Crippen LogP contribution in [0.15, 0.2) is 36.4 Å². The molecular weight excluding hydrogens is 286 g/mol. The smallest absolute Gasteiger partial charge is 0.350 e. The number of hydrogen-bond donors (Lipinski definition) is 2. The third-order valence-corrected chi connectivity index (χ3v) is 3.30. The number of aromatic hydroxyl groups is 1. The molecule has 0 spiro atoms. The number of amides is 1. The summed E-state index contributed by atoms with van der Waals surface area (Å²) in [6.07, 6.45) is 0. The van der Waals surface area contributed by atoms with Crippen molar-refractivity contribution in [3.05, 3.63) is 47.5 Å². The summed E-state index contributed by atoms with van der Waals surface area (Å²) in [5, 5.41) is 12.4. The van der Waals surface area contributed by atoms with Crippen molar-refractivity contribution in [2.75, 3.05) is 5.32 Å². The lowest BCUT2D eigenvalue weighted by atomic mass is 9.94. The van der Waals surface area contributed by atoms with Crippen LogP contribution in [0.25, 0.3) is 11.1 Å². The first-order valence-corrected chi connectivity index (χ1v) is 6.48. The van der Waals surface area contributed by atoms with E-state index in [1.807, 2.05) is 0 Å². The molecule has 22 heavy (non-hydrogen) atoms. The van der Waals surface area contributed by atoms with Gasteiger partial charge in [-0.25, -0.2) is 9.59 Å². The largest absolute Gasteiger partial charge is 0.507 e. The molecular formula is C16H11NO5. The van der Waals surface area contributed by atoms with Crippen LogP contribution < -0.4 is 5.32 Å². The molecule has 0 radical (unpaired) electrons. The molecule has 2 N–H and O–H groups in total. The van der Waals surface area contributed by atoms with Gasteiger partial charge < -0.3 is 15.2 Å². The molecule has 2 aromatic carbocycles. The number of ether oxygens (including phenoxy) is 1. The zero-order valence-electron chi connectivity index (χ0n) is 11.5. The topological polar surface area (TPSA) is 92.7 Å². The summed E-state index contributed by atoms with van der Waals surface area (Å²) in [5.41, 5.74) is 1.31. The minimum absolute atomic E-state index is 0.00259. The number of phenolic OH excluding ortho intramolecular Hbond substituents is 1. The number of anilines is 1. The average molecular weight is 297 g/mol. The molecule has 1 aliphatic rings. The predicted molar refractivity (Wildman–Crippen MR) is 77.6 cm³/mol. The second-order valence-electron chi connectivity index (χ2n) is 4.79. The maximum Gasteiger partial charge on any atom is 0.350 e. The number of para-hydroxylation sites is 1. The van der Waals surface area contributed by atoms with Crippen LogP contribution in [0.2, 0.25) is 0 Å². The van der Waals surface area contributed by atoms with Crippen LogP contribution in [0.1, 0.15) is 27.6 Å². The normalized spacial score (nSPS) is 12.8. The maximum absolute atomic E-state index is 11.9. The van der Waals surface area contributed by atoms with Gasteiger partial charge in [0.15, 0.2) is 0 Å². The Hall–Kier alpha value is -3.15. The highest BCUT2D eigenvalue weighted by molar-refractivity contribution is 6.19. The Morgan fingerprint density at radius 1 is 1.00 bits per heavy atom. The standard InChI is InChI=1S/C16H11NO5/c1-8(18)17-11-5-3-2-4-9(11)10-6-7-12(19)14-13(10)15(20)22-16(14)21/h2-7,19H,1H3,(H,17,18). The number of benzene rings is 2. The van der Waals surface area contributed by atoms with E-state index >= 15 is 0 Å². The highest BCUT2D eigenvalue weighted by Gasteiger charge is 2.35. The number of fused-ring (bicyclic) bond motifs is 1. The van der Waals surface area contributed by atoms with Gasteiger partial charge >= 0.3 is 11.9 Å². The molecule has 0 aromatic heterocycles. The van der Waals surface area contributed by atoms with Crippen LogP contribution in [-0.2, 0) is 9.53 Å². The second-order valence-corrected chi connectivity index (χ2v) is 4.79. The molecule has 0 saturated heterocycles. The van der Waals surface area contributed by atoms with Gasteiger partial charge in [0.25, 0.3) is 0 Å². The fourth-order valence-corrected chi connectivity index (χ4v) is 2.44. The summed E-state index contributed by atoms with van der Waals surface area (Å²) in [4.78, 5) is 34.9. The molecule has 0 fully saturated rings. The van der Waals surface area contributed by atoms with Gasteiger partial charge in [-0.2, -0.15) is 0 Å². The van der Waals surface area contributed by atoms with Crippen molar-refractivity contribution in [2.24, 2.45) is 0 Å². The minimum Gasteiger partial charge on any atom is -0.507 e. The lowest BCUT2D eigenvalue weighted by Crippen LogP contribution is -2.07. The van der Waals surface area contributed by atoms with Crippen molar-refractivity contribution in [2.45, 2.75) is 6.92 Å². The zero-order valence-corrected chi connectivity index (χ0v) is 11.5. The molecule has 0 atom stereocenters. The molecule has 1 amide bonds. The van der Waals surface area contributed by atoms with Crippen molar-refractivity contribution in [3.63, 3.8) is 0 Å². The van der Waals surface area contributed by atoms with Gasteiger partial charge in [0.1, 0.15) is 11.3 Å². The highest BCUT2D eigenvalue weighted by Crippen LogP contribution is 2.38. The number of phenols is 1. The van der Waals surface area contributed by atoms with Crippen LogP contribution in [-0.4, -0.2) is 23.0 Å². The second kappa shape index (κ2) is 5.00. The predicted octanol–water partition coefficient (Wildman–Crippen LogP) is 2.33. The molecule has 0 unspecified atom stereocenters. The molecule has 0 aliphatic carbocycles. The number of carbonyl (C=O) groups is 3. The van der Waals surface area contributed by atoms with E-state index in [9.17, 15) is 19.5 Å². The van der Waals surface area contributed by atoms with E-state index in [1.165, 1.54) is 19.1 Å². The van der Waals surface area contributed by atoms with Crippen molar-refractivity contribution in [1.29, 1.82) is 0 Å². The number of cyclic esters (lactones) is 2. The van der Waals surface area contributed by atoms with Crippen LogP contribution in [0.5, 0.6) is 5.75 Å². The molecule has 3 rings (SSSR count). The molecule has 0 bridgehead atoms. The number of hydrogen-bond acceptors (Lipinski definition) is 5. The van der Waals surface area contributed by atoms with E-state index in [0.29, 0.717) is 16.8 Å². The first kappa shape index (κ1) is 13.8. The highest BCUT2D eigenvalue weighted by atomic mass is 16.6. The molecule has 6 heteroatoms. The van der Waals surface area contributed by atoms with Gasteiger partial charge in [-0.15, -0.1) is 0 Å². The summed E-state index contributed by atoms with van der Waals surface area (Å²) < 4.78 is 4.57. The molecule has 6 nitrogen and oxygen atoms in total. The van der Waals surface area contributed by atoms with Crippen LogP contribution >= 0.6 is 0 Å². The fraction of sp³-hybridized carbons (Fsp3) is 0.0625. The quantitative estimate of drug-likeness (QED) is 0.655. The van der Waals surface area contributed by atoms with Gasteiger partial charge in [0.05, 0.1) is 5.56 Å². The van der Waals surface area contributed by atoms with E-state index in [0.717, 1.165) is 0 Å². The Bertz CT molecular complexity index is 825. The molecule has 2 aromatic rings. The number of esters is 2. The Morgan fingerprint density at radius 3 is 2.41 bits per heavy atom. The Labute approximate surface area is 125 Å². The molecule has 1 aliphatic heterocycles. The first-order valence-electron chi connectivity index (χ1n) is 6.48. The van der Waals surface area contributed by atoms with Gasteiger partial charge in [0.2, 0.25) is 5.91 Å². The summed E-state index contributed by atoms with van der Waals surface area (Å²) in [7, 11) is 0. The van der Waals surface area contributed by atoms with Crippen LogP contribution in [0.4, 0.5) is 5.69 Å². The van der Waals surface area contributed by atoms with Gasteiger partial charge in [-0.1, -0.05) is 18.2 Å². The van der Waals surface area contributed by atoms with Gasteiger partial charge in [0, 0.05) is 18.2 Å². The molecule has 0 saturated carbocycles. The Balaban J connectivity index is 2.26. The lowest BCUT2D eigenvalue weighted by molar-refractivity contribution is -0.114. The summed E-state index contributed by atoms with van der Waals surface area (Å²) in [6.45, 7) is 1.37. The zero-order chi connectivity index (χ0) is 15.9. The third-order valence-electron chi connectivity index (χ3n) is 3.30. The van der Waals surface area contributed by atoms with Crippen molar-refractivity contribution >= 4 is 23.5 Å².